The van der Waals surface area contributed by atoms with Crippen molar-refractivity contribution in [1.29, 1.82) is 0 Å². The van der Waals surface area contributed by atoms with Crippen molar-refractivity contribution in [3.05, 3.63) is 64.7 Å². The third kappa shape index (κ3) is 2.91. The van der Waals surface area contributed by atoms with E-state index in [4.69, 9.17) is 16.3 Å². The molecule has 2 aromatic rings. The molecule has 3 rings (SSSR count). The summed E-state index contributed by atoms with van der Waals surface area (Å²) in [6.45, 7) is 0. The van der Waals surface area contributed by atoms with Crippen molar-refractivity contribution < 1.29 is 9.84 Å². The Balaban J connectivity index is 1.79. The number of aliphatic hydroxyl groups excluding tert-OH is 1. The maximum atomic E-state index is 10.3. The summed E-state index contributed by atoms with van der Waals surface area (Å²) in [5.74, 6) is 0.859. The van der Waals surface area contributed by atoms with Gasteiger partial charge in [-0.1, -0.05) is 41.9 Å². The molecule has 19 heavy (non-hydrogen) atoms. The monoisotopic (exact) mass is 274 g/mol. The van der Waals surface area contributed by atoms with E-state index in [0.717, 1.165) is 29.7 Å². The lowest BCUT2D eigenvalue weighted by molar-refractivity contribution is 0.220. The normalized spacial score (nSPS) is 16.1. The Morgan fingerprint density at radius 2 is 1.74 bits per heavy atom. The number of aliphatic hydroxyl groups is 1. The molecule has 1 fully saturated rings. The fraction of sp³-hybridized carbons (Fsp3) is 0.250. The average molecular weight is 275 g/mol. The first-order valence-corrected chi connectivity index (χ1v) is 6.81. The van der Waals surface area contributed by atoms with Gasteiger partial charge in [-0.3, -0.25) is 0 Å². The molecule has 1 saturated carbocycles. The van der Waals surface area contributed by atoms with Crippen LogP contribution in [0, 0.1) is 0 Å². The topological polar surface area (TPSA) is 29.5 Å². The molecule has 0 heterocycles. The first kappa shape index (κ1) is 12.5. The van der Waals surface area contributed by atoms with E-state index in [1.165, 1.54) is 0 Å². The molecule has 2 nitrogen and oxygen atoms in total. The fourth-order valence-corrected chi connectivity index (χ4v) is 2.22. The van der Waals surface area contributed by atoms with E-state index < -0.39 is 6.10 Å². The van der Waals surface area contributed by atoms with Crippen molar-refractivity contribution in [1.82, 2.24) is 0 Å². The van der Waals surface area contributed by atoms with Crippen LogP contribution in [0.25, 0.3) is 0 Å². The molecule has 1 unspecified atom stereocenters. The molecule has 0 amide bonds. The van der Waals surface area contributed by atoms with E-state index in [1.54, 1.807) is 6.07 Å². The lowest BCUT2D eigenvalue weighted by Gasteiger charge is -2.13. The Hall–Kier alpha value is -1.51. The van der Waals surface area contributed by atoms with Crippen molar-refractivity contribution in [3.8, 4) is 5.75 Å². The third-order valence-corrected chi connectivity index (χ3v) is 3.57. The second kappa shape index (κ2) is 5.24. The van der Waals surface area contributed by atoms with E-state index in [2.05, 4.69) is 0 Å². The molecule has 98 valence electrons. The zero-order valence-electron chi connectivity index (χ0n) is 10.4. The van der Waals surface area contributed by atoms with Crippen molar-refractivity contribution in [2.45, 2.75) is 25.0 Å². The Kier molecular flexibility index (Phi) is 3.45. The molecule has 0 spiro atoms. The van der Waals surface area contributed by atoms with Crippen molar-refractivity contribution >= 4 is 11.6 Å². The summed E-state index contributed by atoms with van der Waals surface area (Å²) < 4.78 is 5.68. The quantitative estimate of drug-likeness (QED) is 0.914. The van der Waals surface area contributed by atoms with Gasteiger partial charge in [0.1, 0.15) is 11.9 Å². The highest BCUT2D eigenvalue weighted by Gasteiger charge is 2.23. The minimum Gasteiger partial charge on any atom is -0.490 e. The molecule has 1 aliphatic carbocycles. The standard InChI is InChI=1S/C16H15ClO2/c17-15-4-2-1-3-14(15)16(18)11-5-7-12(8-6-11)19-13-9-10-13/h1-8,13,16,18H,9-10H2. The number of halogens is 1. The van der Waals surface area contributed by atoms with Crippen LogP contribution >= 0.6 is 11.6 Å². The molecule has 0 saturated heterocycles. The van der Waals surface area contributed by atoms with Crippen LogP contribution in [0.2, 0.25) is 5.02 Å². The van der Waals surface area contributed by atoms with Crippen LogP contribution in [0.4, 0.5) is 0 Å². The summed E-state index contributed by atoms with van der Waals surface area (Å²) in [6.07, 6.45) is 1.97. The van der Waals surface area contributed by atoms with Gasteiger partial charge in [-0.2, -0.15) is 0 Å². The lowest BCUT2D eigenvalue weighted by atomic mass is 10.0. The van der Waals surface area contributed by atoms with Gasteiger partial charge in [-0.25, -0.2) is 0 Å². The minimum atomic E-state index is -0.705. The first-order valence-electron chi connectivity index (χ1n) is 6.43. The van der Waals surface area contributed by atoms with Gasteiger partial charge in [-0.05, 0) is 36.6 Å². The summed E-state index contributed by atoms with van der Waals surface area (Å²) in [5.41, 5.74) is 1.54. The van der Waals surface area contributed by atoms with Crippen LogP contribution in [-0.4, -0.2) is 11.2 Å². The van der Waals surface area contributed by atoms with Gasteiger partial charge >= 0.3 is 0 Å². The zero-order chi connectivity index (χ0) is 13.2. The molecule has 3 heteroatoms. The van der Waals surface area contributed by atoms with Gasteiger partial charge in [-0.15, -0.1) is 0 Å². The maximum Gasteiger partial charge on any atom is 0.119 e. The summed E-state index contributed by atoms with van der Waals surface area (Å²) >= 11 is 6.09. The number of ether oxygens (including phenoxy) is 1. The summed E-state index contributed by atoms with van der Waals surface area (Å²) in [4.78, 5) is 0. The van der Waals surface area contributed by atoms with Gasteiger partial charge in [0.05, 0.1) is 6.10 Å². The Morgan fingerprint density at radius 1 is 1.05 bits per heavy atom. The Morgan fingerprint density at radius 3 is 2.37 bits per heavy atom. The highest BCUT2D eigenvalue weighted by molar-refractivity contribution is 6.31. The second-order valence-electron chi connectivity index (χ2n) is 4.81. The zero-order valence-corrected chi connectivity index (χ0v) is 11.2. The average Bonchev–Trinajstić information content (AvgIpc) is 3.23. The molecule has 1 N–H and O–H groups in total. The number of hydrogen-bond acceptors (Lipinski definition) is 2. The largest absolute Gasteiger partial charge is 0.490 e. The van der Waals surface area contributed by atoms with Crippen LogP contribution in [0.5, 0.6) is 5.75 Å². The Labute approximate surface area is 117 Å². The minimum absolute atomic E-state index is 0.388. The van der Waals surface area contributed by atoms with Crippen LogP contribution in [0.3, 0.4) is 0 Å². The molecule has 1 aliphatic rings. The smallest absolute Gasteiger partial charge is 0.119 e. The van der Waals surface area contributed by atoms with Gasteiger partial charge in [0.15, 0.2) is 0 Å². The molecule has 0 bridgehead atoms. The van der Waals surface area contributed by atoms with E-state index in [-0.39, 0.29) is 0 Å². The van der Waals surface area contributed by atoms with Crippen molar-refractivity contribution in [3.63, 3.8) is 0 Å². The Bertz CT molecular complexity index is 561. The summed E-state index contributed by atoms with van der Waals surface area (Å²) in [7, 11) is 0. The predicted octanol–water partition coefficient (Wildman–Crippen LogP) is 3.96. The van der Waals surface area contributed by atoms with Crippen LogP contribution in [-0.2, 0) is 0 Å². The lowest BCUT2D eigenvalue weighted by Crippen LogP contribution is -2.01. The van der Waals surface area contributed by atoms with E-state index >= 15 is 0 Å². The first-order chi connectivity index (χ1) is 9.24. The highest BCUT2D eigenvalue weighted by Crippen LogP contribution is 2.31. The molecule has 1 atom stereocenters. The van der Waals surface area contributed by atoms with Crippen molar-refractivity contribution in [2.24, 2.45) is 0 Å². The van der Waals surface area contributed by atoms with Gasteiger partial charge in [0.2, 0.25) is 0 Å². The molecule has 2 aromatic carbocycles. The second-order valence-corrected chi connectivity index (χ2v) is 5.22. The van der Waals surface area contributed by atoms with Gasteiger partial charge in [0.25, 0.3) is 0 Å². The predicted molar refractivity (Wildman–Crippen MR) is 75.6 cm³/mol. The van der Waals surface area contributed by atoms with Crippen LogP contribution in [0.15, 0.2) is 48.5 Å². The highest BCUT2D eigenvalue weighted by atomic mass is 35.5. The molecular formula is C16H15ClO2. The number of hydrogen-bond donors (Lipinski definition) is 1. The fourth-order valence-electron chi connectivity index (χ4n) is 1.98. The van der Waals surface area contributed by atoms with Crippen LogP contribution < -0.4 is 4.74 Å². The van der Waals surface area contributed by atoms with Crippen molar-refractivity contribution in [2.75, 3.05) is 0 Å². The molecule has 0 radical (unpaired) electrons. The van der Waals surface area contributed by atoms with Gasteiger partial charge < -0.3 is 9.84 Å². The molecule has 0 aliphatic heterocycles. The summed E-state index contributed by atoms with van der Waals surface area (Å²) in [6, 6.07) is 14.9. The maximum absolute atomic E-state index is 10.3. The summed E-state index contributed by atoms with van der Waals surface area (Å²) in [5, 5.41) is 10.9. The molecule has 0 aromatic heterocycles. The van der Waals surface area contributed by atoms with E-state index in [9.17, 15) is 5.11 Å². The van der Waals surface area contributed by atoms with E-state index in [0.29, 0.717) is 11.1 Å². The SMILES string of the molecule is OC(c1ccc(OC2CC2)cc1)c1ccccc1Cl. The number of rotatable bonds is 4. The van der Waals surface area contributed by atoms with Crippen LogP contribution in [0.1, 0.15) is 30.1 Å². The molecular weight excluding hydrogens is 260 g/mol. The van der Waals surface area contributed by atoms with Gasteiger partial charge in [0, 0.05) is 10.6 Å². The third-order valence-electron chi connectivity index (χ3n) is 3.22. The number of benzene rings is 2. The van der Waals surface area contributed by atoms with E-state index in [1.807, 2.05) is 42.5 Å².